The average Bonchev–Trinajstić information content (AvgIpc) is 3.41. The number of pyridine rings is 1. The van der Waals surface area contributed by atoms with Crippen molar-refractivity contribution in [3.05, 3.63) is 62.0 Å². The molecule has 8 N–H and O–H groups in total. The summed E-state index contributed by atoms with van der Waals surface area (Å²) in [5.74, 6) is -6.48. The molecule has 0 aliphatic carbocycles. The molecule has 1 unspecified atom stereocenters. The zero-order valence-electron chi connectivity index (χ0n) is 24.0. The number of carbonyl (C=O) groups excluding carboxylic acids is 3. The quantitative estimate of drug-likeness (QED) is 0.0268. The number of aromatic hydroxyl groups is 3. The molecule has 1 saturated heterocycles. The lowest BCUT2D eigenvalue weighted by atomic mass is 9.99. The third-order valence-corrected chi connectivity index (χ3v) is 8.58. The minimum atomic E-state index is -5.22. The highest BCUT2D eigenvalue weighted by Crippen LogP contribution is 2.36. The number of nitrogens with zero attached hydrogens (tertiary/aromatic N) is 4. The Balaban J connectivity index is 1.62. The number of anilines is 1. The Morgan fingerprint density at radius 2 is 1.89 bits per heavy atom. The number of phenolic OH excluding ortho intramolecular Hbond substituents is 2. The Hall–Kier alpha value is -5.12. The number of benzene rings is 1. The van der Waals surface area contributed by atoms with Crippen LogP contribution in [0.25, 0.3) is 0 Å². The molecule has 1 aromatic carbocycles. The van der Waals surface area contributed by atoms with Crippen LogP contribution in [0.4, 0.5) is 5.13 Å². The van der Waals surface area contributed by atoms with Crippen molar-refractivity contribution < 1.29 is 57.5 Å². The SMILES string of the molecule is CC(C)C(O/N=C(\C(=O)N[C@@H]1C(=O)N(S(=O)(=O)O)[C@@H]1COC(=O)c1ccc(O)c(O)c1Cl)c1csc(N)n1)c1cc(=O)c(O)cn1O. The van der Waals surface area contributed by atoms with Crippen molar-refractivity contribution in [3.8, 4) is 17.2 Å². The number of nitrogens with one attached hydrogen (secondary N) is 1. The van der Waals surface area contributed by atoms with Crippen LogP contribution in [0.2, 0.25) is 5.02 Å². The van der Waals surface area contributed by atoms with Gasteiger partial charge in [-0.25, -0.2) is 14.1 Å². The van der Waals surface area contributed by atoms with Gasteiger partial charge in [-0.3, -0.25) is 18.9 Å². The first-order chi connectivity index (χ1) is 21.9. The van der Waals surface area contributed by atoms with E-state index in [0.717, 1.165) is 35.7 Å². The molecule has 0 bridgehead atoms. The number of aromatic nitrogens is 2. The molecule has 22 heteroatoms. The number of nitrogens with two attached hydrogens (primary N) is 1. The van der Waals surface area contributed by atoms with Gasteiger partial charge >= 0.3 is 16.3 Å². The second-order valence-corrected chi connectivity index (χ2v) is 12.7. The van der Waals surface area contributed by atoms with Crippen molar-refractivity contribution in [1.29, 1.82) is 0 Å². The molecule has 252 valence electrons. The third kappa shape index (κ3) is 7.16. The molecule has 19 nitrogen and oxygen atoms in total. The van der Waals surface area contributed by atoms with Gasteiger partial charge in [0, 0.05) is 11.4 Å². The molecule has 4 rings (SSSR count). The van der Waals surface area contributed by atoms with Gasteiger partial charge in [-0.2, -0.15) is 13.1 Å². The van der Waals surface area contributed by atoms with Gasteiger partial charge in [-0.15, -0.1) is 11.3 Å². The Kier molecular flexibility index (Phi) is 9.84. The number of carbonyl (C=O) groups is 3. The molecule has 1 fully saturated rings. The van der Waals surface area contributed by atoms with Gasteiger partial charge in [0.1, 0.15) is 35.1 Å². The zero-order valence-corrected chi connectivity index (χ0v) is 26.4. The van der Waals surface area contributed by atoms with E-state index in [2.05, 4.69) is 15.5 Å². The van der Waals surface area contributed by atoms with Crippen LogP contribution < -0.4 is 16.5 Å². The zero-order chi connectivity index (χ0) is 35.0. The van der Waals surface area contributed by atoms with Crippen molar-refractivity contribution in [2.24, 2.45) is 11.1 Å². The Bertz CT molecular complexity index is 1940. The van der Waals surface area contributed by atoms with Gasteiger partial charge in [0.05, 0.1) is 11.8 Å². The number of esters is 1. The van der Waals surface area contributed by atoms with Crippen LogP contribution in [0.1, 0.15) is 41.7 Å². The second-order valence-electron chi connectivity index (χ2n) is 10.1. The van der Waals surface area contributed by atoms with E-state index < -0.39 is 97.8 Å². The van der Waals surface area contributed by atoms with Crippen molar-refractivity contribution in [1.82, 2.24) is 19.3 Å². The smallest absolute Gasteiger partial charge is 0.362 e. The number of hydrogen-bond donors (Lipinski definition) is 7. The molecule has 1 aliphatic rings. The Morgan fingerprint density at radius 1 is 1.21 bits per heavy atom. The number of ether oxygens (including phenoxy) is 1. The number of halogens is 1. The van der Waals surface area contributed by atoms with Gasteiger partial charge in [0.15, 0.2) is 34.2 Å². The van der Waals surface area contributed by atoms with E-state index in [-0.39, 0.29) is 20.8 Å². The largest absolute Gasteiger partial charge is 0.504 e. The Morgan fingerprint density at radius 3 is 2.49 bits per heavy atom. The van der Waals surface area contributed by atoms with Crippen LogP contribution in [0.3, 0.4) is 0 Å². The summed E-state index contributed by atoms with van der Waals surface area (Å²) in [5.41, 5.74) is 3.48. The number of thiazole rings is 1. The van der Waals surface area contributed by atoms with Crippen LogP contribution in [-0.4, -0.2) is 89.7 Å². The molecular formula is C25H25ClN6O13S2. The summed E-state index contributed by atoms with van der Waals surface area (Å²) in [6, 6.07) is -0.625. The summed E-state index contributed by atoms with van der Waals surface area (Å²) in [5, 5.41) is 45.9. The van der Waals surface area contributed by atoms with E-state index >= 15 is 0 Å². The monoisotopic (exact) mass is 716 g/mol. The predicted octanol–water partition coefficient (Wildman–Crippen LogP) is 0.368. The number of rotatable bonds is 11. The molecular weight excluding hydrogens is 692 g/mol. The summed E-state index contributed by atoms with van der Waals surface area (Å²) in [7, 11) is -5.22. The van der Waals surface area contributed by atoms with E-state index in [1.54, 1.807) is 13.8 Å². The summed E-state index contributed by atoms with van der Waals surface area (Å²) in [4.78, 5) is 60.4. The number of oxime groups is 1. The van der Waals surface area contributed by atoms with Crippen LogP contribution in [-0.2, 0) is 29.5 Å². The lowest BCUT2D eigenvalue weighted by Gasteiger charge is -2.43. The van der Waals surface area contributed by atoms with Crippen LogP contribution in [0.5, 0.6) is 17.2 Å². The van der Waals surface area contributed by atoms with E-state index in [1.807, 2.05) is 0 Å². The average molecular weight is 717 g/mol. The minimum absolute atomic E-state index is 0.00960. The molecule has 1 aliphatic heterocycles. The normalized spacial score (nSPS) is 17.3. The number of phenols is 2. The number of nitrogen functional groups attached to an aromatic ring is 1. The highest BCUT2D eigenvalue weighted by molar-refractivity contribution is 7.84. The van der Waals surface area contributed by atoms with Crippen molar-refractivity contribution >= 4 is 61.9 Å². The molecule has 3 aromatic rings. The van der Waals surface area contributed by atoms with Crippen molar-refractivity contribution in [3.63, 3.8) is 0 Å². The molecule has 0 radical (unpaired) electrons. The molecule has 2 aromatic heterocycles. The minimum Gasteiger partial charge on any atom is -0.504 e. The lowest BCUT2D eigenvalue weighted by molar-refractivity contribution is -0.146. The van der Waals surface area contributed by atoms with E-state index in [1.165, 1.54) is 5.38 Å². The van der Waals surface area contributed by atoms with Crippen LogP contribution >= 0.6 is 22.9 Å². The number of β-lactam (4-membered cyclic amide) rings is 1. The number of amides is 2. The fourth-order valence-electron chi connectivity index (χ4n) is 4.25. The maximum absolute atomic E-state index is 13.5. The predicted molar refractivity (Wildman–Crippen MR) is 160 cm³/mol. The fourth-order valence-corrected chi connectivity index (χ4v) is 5.90. The molecule has 2 amide bonds. The third-order valence-electron chi connectivity index (χ3n) is 6.58. The molecule has 3 atom stereocenters. The molecule has 47 heavy (non-hydrogen) atoms. The Labute approximate surface area is 272 Å². The summed E-state index contributed by atoms with van der Waals surface area (Å²) >= 11 is 6.75. The molecule has 3 heterocycles. The standard InChI is InChI=1S/C25H25ClN6O13S2/c1-9(2)21(12-5-15(34)16(35)6-31(12)40)45-30-18(11-8-46-25(27)28-11)22(37)29-19-13(32(23(19)38)47(41,42)43)7-44-24(39)10-3-4-14(33)20(36)17(10)26/h3-6,8-9,13,19,21,33,35-36,40H,7H2,1-2H3,(H2,27,28)(H,29,37)(H,41,42,43)/b30-18-/t13-,19+,21?/m1/s1. The fraction of sp³-hybridized carbons (Fsp3) is 0.280. The maximum Gasteiger partial charge on any atom is 0.362 e. The van der Waals surface area contributed by atoms with Gasteiger partial charge < -0.3 is 41.2 Å². The van der Waals surface area contributed by atoms with E-state index in [0.29, 0.717) is 4.73 Å². The second kappa shape index (κ2) is 13.3. The first-order valence-electron chi connectivity index (χ1n) is 13.0. The van der Waals surface area contributed by atoms with E-state index in [9.17, 15) is 52.7 Å². The number of hydrogen-bond acceptors (Lipinski definition) is 16. The first kappa shape index (κ1) is 34.7. The maximum atomic E-state index is 13.5. The lowest BCUT2D eigenvalue weighted by Crippen LogP contribution is -2.73. The summed E-state index contributed by atoms with van der Waals surface area (Å²) in [6.45, 7) is 2.31. The van der Waals surface area contributed by atoms with Gasteiger partial charge in [0.25, 0.3) is 11.8 Å². The topological polar surface area (TPSA) is 294 Å². The van der Waals surface area contributed by atoms with Gasteiger partial charge in [0.2, 0.25) is 5.43 Å². The van der Waals surface area contributed by atoms with E-state index in [4.69, 9.17) is 26.9 Å². The van der Waals surface area contributed by atoms with Gasteiger partial charge in [-0.05, 0) is 18.1 Å². The van der Waals surface area contributed by atoms with Gasteiger partial charge in [-0.1, -0.05) is 30.6 Å². The first-order valence-corrected chi connectivity index (χ1v) is 15.7. The van der Waals surface area contributed by atoms with Crippen molar-refractivity contribution in [2.45, 2.75) is 32.0 Å². The van der Waals surface area contributed by atoms with Crippen LogP contribution in [0, 0.1) is 5.92 Å². The van der Waals surface area contributed by atoms with Crippen molar-refractivity contribution in [2.75, 3.05) is 12.3 Å². The highest BCUT2D eigenvalue weighted by Gasteiger charge is 2.55. The molecule has 0 spiro atoms. The summed E-state index contributed by atoms with van der Waals surface area (Å²) < 4.78 is 38.9. The highest BCUT2D eigenvalue weighted by atomic mass is 35.5. The molecule has 0 saturated carbocycles. The van der Waals surface area contributed by atoms with Crippen LogP contribution in [0.15, 0.2) is 39.7 Å². The summed E-state index contributed by atoms with van der Waals surface area (Å²) in [6.07, 6.45) is -0.477.